The lowest BCUT2D eigenvalue weighted by molar-refractivity contribution is -0.140. The highest BCUT2D eigenvalue weighted by Crippen LogP contribution is 2.51. The number of amides is 1. The minimum absolute atomic E-state index is 0.224. The molecule has 1 aliphatic rings. The lowest BCUT2D eigenvalue weighted by Gasteiger charge is -2.14. The molecule has 0 spiro atoms. The van der Waals surface area contributed by atoms with E-state index in [-0.39, 0.29) is 18.4 Å². The number of thiophene rings is 2. The molecule has 3 heterocycles. The highest BCUT2D eigenvalue weighted by Gasteiger charge is 2.55. The summed E-state index contributed by atoms with van der Waals surface area (Å²) in [7, 11) is 1.72. The lowest BCUT2D eigenvalue weighted by Crippen LogP contribution is -2.22. The third-order valence-corrected chi connectivity index (χ3v) is 9.52. The second-order valence-electron chi connectivity index (χ2n) is 9.77. The van der Waals surface area contributed by atoms with Crippen LogP contribution in [0, 0.1) is 11.6 Å². The highest BCUT2D eigenvalue weighted by atomic mass is 32.1. The van der Waals surface area contributed by atoms with Crippen molar-refractivity contribution in [3.8, 4) is 20.9 Å². The van der Waals surface area contributed by atoms with Crippen molar-refractivity contribution in [3.05, 3.63) is 83.6 Å². The maximum atomic E-state index is 14.9. The normalized spacial score (nSPS) is 14.7. The Bertz CT molecular complexity index is 1720. The summed E-state index contributed by atoms with van der Waals surface area (Å²) in [6, 6.07) is 15.6. The van der Waals surface area contributed by atoms with Crippen LogP contribution < -0.4 is 5.32 Å². The Kier molecular flexibility index (Phi) is 6.42. The van der Waals surface area contributed by atoms with E-state index in [0.717, 1.165) is 19.8 Å². The molecule has 1 aliphatic carbocycles. The number of ether oxygens (including phenoxy) is 1. The fourth-order valence-electron chi connectivity index (χ4n) is 4.82. The second kappa shape index (κ2) is 9.83. The van der Waals surface area contributed by atoms with Crippen LogP contribution in [0.4, 0.5) is 19.4 Å². The minimum Gasteiger partial charge on any atom is -0.481 e. The molecule has 204 valence electrons. The Morgan fingerprint density at radius 3 is 2.30 bits per heavy atom. The van der Waals surface area contributed by atoms with E-state index in [4.69, 9.17) is 4.74 Å². The molecule has 1 saturated carbocycles. The first-order valence-corrected chi connectivity index (χ1v) is 14.1. The molecule has 1 amide bonds. The number of aliphatic carboxylic acids is 1. The molecule has 3 aromatic heterocycles. The van der Waals surface area contributed by atoms with Gasteiger partial charge in [-0.1, -0.05) is 30.3 Å². The number of rotatable bonds is 7. The molecule has 1 unspecified atom stereocenters. The SMILES string of the molecule is CC(OC(=O)Nc1c(-c2cc3sc(-c4cc(F)c(C5(C(=O)O)CC5)c(F)c4)cc3s2)cnn1C)c1ccccc1. The molecule has 1 atom stereocenters. The molecular formula is C29H23F2N3O4S2. The van der Waals surface area contributed by atoms with Crippen LogP contribution in [-0.2, 0) is 22.0 Å². The number of halogens is 2. The van der Waals surface area contributed by atoms with Crippen molar-refractivity contribution >= 4 is 50.0 Å². The van der Waals surface area contributed by atoms with Crippen LogP contribution in [0.15, 0.2) is 60.8 Å². The van der Waals surface area contributed by atoms with Gasteiger partial charge in [0.05, 0.1) is 17.2 Å². The van der Waals surface area contributed by atoms with Gasteiger partial charge in [0, 0.05) is 31.8 Å². The van der Waals surface area contributed by atoms with Crippen molar-refractivity contribution < 1.29 is 28.2 Å². The predicted molar refractivity (Wildman–Crippen MR) is 151 cm³/mol. The first kappa shape index (κ1) is 26.1. The number of anilines is 1. The second-order valence-corrected chi connectivity index (χ2v) is 11.9. The van der Waals surface area contributed by atoms with E-state index in [9.17, 15) is 23.5 Å². The minimum atomic E-state index is -1.46. The monoisotopic (exact) mass is 579 g/mol. The number of aryl methyl sites for hydroxylation is 1. The lowest BCUT2D eigenvalue weighted by atomic mass is 9.93. The number of benzene rings is 2. The molecule has 2 aromatic carbocycles. The standard InChI is InChI=1S/C29H23F2N3O4S2/c1-15(16-6-4-3-5-7-16)38-28(37)33-26-18(14-32-34(26)2)22-13-24-23(40-22)12-21(39-24)17-10-19(30)25(20(31)11-17)29(8-9-29)27(35)36/h3-7,10-15H,8-9H2,1-2H3,(H,33,37)(H,35,36). The summed E-state index contributed by atoms with van der Waals surface area (Å²) in [6.45, 7) is 1.80. The van der Waals surface area contributed by atoms with Crippen LogP contribution in [0.5, 0.6) is 0 Å². The number of carbonyl (C=O) groups excluding carboxylic acids is 1. The zero-order valence-electron chi connectivity index (χ0n) is 21.4. The Labute approximate surface area is 235 Å². The molecule has 11 heteroatoms. The van der Waals surface area contributed by atoms with Gasteiger partial charge in [0.15, 0.2) is 0 Å². The molecule has 40 heavy (non-hydrogen) atoms. The van der Waals surface area contributed by atoms with Gasteiger partial charge in [0.1, 0.15) is 23.6 Å². The Hall–Kier alpha value is -4.09. The van der Waals surface area contributed by atoms with Crippen LogP contribution >= 0.6 is 22.7 Å². The van der Waals surface area contributed by atoms with E-state index < -0.39 is 35.2 Å². The van der Waals surface area contributed by atoms with E-state index in [0.29, 0.717) is 21.8 Å². The summed E-state index contributed by atoms with van der Waals surface area (Å²) >= 11 is 2.83. The van der Waals surface area contributed by atoms with Crippen LogP contribution in [-0.4, -0.2) is 26.9 Å². The number of nitrogens with zero attached hydrogens (tertiary/aromatic N) is 2. The number of aromatic nitrogens is 2. The Morgan fingerprint density at radius 2 is 1.68 bits per heavy atom. The first-order valence-electron chi connectivity index (χ1n) is 12.5. The first-order chi connectivity index (χ1) is 19.2. The van der Waals surface area contributed by atoms with Crippen molar-refractivity contribution in [1.29, 1.82) is 0 Å². The summed E-state index contributed by atoms with van der Waals surface area (Å²) in [5, 5.41) is 16.6. The number of hydrogen-bond acceptors (Lipinski definition) is 6. The van der Waals surface area contributed by atoms with Gasteiger partial charge in [-0.2, -0.15) is 5.10 Å². The van der Waals surface area contributed by atoms with Crippen LogP contribution in [0.1, 0.15) is 37.0 Å². The number of hydrogen-bond donors (Lipinski definition) is 2. The number of carboxylic acids is 1. The number of nitrogens with one attached hydrogen (secondary N) is 1. The van der Waals surface area contributed by atoms with Crippen molar-refractivity contribution in [2.24, 2.45) is 7.05 Å². The van der Waals surface area contributed by atoms with Gasteiger partial charge in [-0.15, -0.1) is 22.7 Å². The van der Waals surface area contributed by atoms with Gasteiger partial charge in [-0.25, -0.2) is 13.6 Å². The van der Waals surface area contributed by atoms with Crippen LogP contribution in [0.2, 0.25) is 0 Å². The van der Waals surface area contributed by atoms with Gasteiger partial charge >= 0.3 is 12.1 Å². The predicted octanol–water partition coefficient (Wildman–Crippen LogP) is 7.73. The number of fused-ring (bicyclic) bond motifs is 1. The molecule has 2 N–H and O–H groups in total. The van der Waals surface area contributed by atoms with Crippen molar-refractivity contribution in [2.75, 3.05) is 5.32 Å². The van der Waals surface area contributed by atoms with Crippen LogP contribution in [0.25, 0.3) is 30.3 Å². The van der Waals surface area contributed by atoms with E-state index in [2.05, 4.69) is 10.4 Å². The molecule has 0 saturated heterocycles. The van der Waals surface area contributed by atoms with E-state index in [1.807, 2.05) is 42.5 Å². The average Bonchev–Trinajstić information content (AvgIpc) is 3.28. The van der Waals surface area contributed by atoms with Gasteiger partial charge in [0.25, 0.3) is 0 Å². The zero-order valence-corrected chi connectivity index (χ0v) is 23.0. The summed E-state index contributed by atoms with van der Waals surface area (Å²) in [5.74, 6) is -2.41. The maximum absolute atomic E-state index is 14.9. The topological polar surface area (TPSA) is 93.4 Å². The summed E-state index contributed by atoms with van der Waals surface area (Å²) in [5.41, 5.74) is 0.123. The third kappa shape index (κ3) is 4.54. The summed E-state index contributed by atoms with van der Waals surface area (Å²) in [4.78, 5) is 25.8. The molecule has 0 bridgehead atoms. The number of carboxylic acid groups (broad SMARTS) is 1. The van der Waals surface area contributed by atoms with Crippen molar-refractivity contribution in [2.45, 2.75) is 31.3 Å². The Morgan fingerprint density at radius 1 is 1.05 bits per heavy atom. The average molecular weight is 580 g/mol. The number of carbonyl (C=O) groups is 2. The molecular weight excluding hydrogens is 556 g/mol. The Balaban J connectivity index is 1.24. The van der Waals surface area contributed by atoms with Gasteiger partial charge < -0.3 is 9.84 Å². The molecule has 0 aliphatic heterocycles. The smallest absolute Gasteiger partial charge is 0.413 e. The third-order valence-electron chi connectivity index (χ3n) is 7.15. The largest absolute Gasteiger partial charge is 0.481 e. The molecule has 6 rings (SSSR count). The van der Waals surface area contributed by atoms with Crippen molar-refractivity contribution in [3.63, 3.8) is 0 Å². The van der Waals surface area contributed by atoms with Gasteiger partial charge in [-0.05, 0) is 55.2 Å². The quantitative estimate of drug-likeness (QED) is 0.206. The zero-order chi connectivity index (χ0) is 28.2. The molecule has 0 radical (unpaired) electrons. The van der Waals surface area contributed by atoms with E-state index in [1.54, 1.807) is 24.9 Å². The van der Waals surface area contributed by atoms with E-state index >= 15 is 0 Å². The highest BCUT2D eigenvalue weighted by molar-refractivity contribution is 7.31. The van der Waals surface area contributed by atoms with Crippen molar-refractivity contribution in [1.82, 2.24) is 9.78 Å². The summed E-state index contributed by atoms with van der Waals surface area (Å²) in [6.07, 6.45) is 1.06. The molecule has 1 fully saturated rings. The fraction of sp³-hybridized carbons (Fsp3) is 0.207. The van der Waals surface area contributed by atoms with E-state index in [1.165, 1.54) is 34.8 Å². The maximum Gasteiger partial charge on any atom is 0.413 e. The fourth-order valence-corrected chi connectivity index (χ4v) is 7.22. The van der Waals surface area contributed by atoms with Gasteiger partial charge in [-0.3, -0.25) is 14.8 Å². The van der Waals surface area contributed by atoms with Gasteiger partial charge in [0.2, 0.25) is 0 Å². The van der Waals surface area contributed by atoms with Crippen LogP contribution in [0.3, 0.4) is 0 Å². The molecule has 5 aromatic rings. The molecule has 7 nitrogen and oxygen atoms in total. The summed E-state index contributed by atoms with van der Waals surface area (Å²) < 4.78 is 38.8.